The number of carbonyl (C=O) groups is 2. The Kier molecular flexibility index (Phi) is 3.69. The molecule has 1 amide bonds. The number of rotatable bonds is 4. The standard InChI is InChI=1S/C14H22N2O4/c17-12(10-7-9-1-2-11(10)16-9)15-8-14(13(18)19)3-5-20-6-4-14/h9-11,16H,1-8H2,(H,15,17)(H,18,19). The van der Waals surface area contributed by atoms with E-state index in [9.17, 15) is 14.7 Å². The van der Waals surface area contributed by atoms with Crippen LogP contribution in [0.15, 0.2) is 0 Å². The molecule has 3 unspecified atom stereocenters. The number of amides is 1. The van der Waals surface area contributed by atoms with E-state index in [1.165, 1.54) is 0 Å². The fourth-order valence-electron chi connectivity index (χ4n) is 3.73. The fourth-order valence-corrected chi connectivity index (χ4v) is 3.73. The van der Waals surface area contributed by atoms with Crippen molar-refractivity contribution in [1.29, 1.82) is 0 Å². The molecular formula is C14H22N2O4. The summed E-state index contributed by atoms with van der Waals surface area (Å²) in [4.78, 5) is 23.8. The Labute approximate surface area is 118 Å². The lowest BCUT2D eigenvalue weighted by Gasteiger charge is -2.33. The highest BCUT2D eigenvalue weighted by Gasteiger charge is 2.45. The van der Waals surface area contributed by atoms with Gasteiger partial charge in [0, 0.05) is 31.8 Å². The van der Waals surface area contributed by atoms with Crippen molar-refractivity contribution in [2.75, 3.05) is 19.8 Å². The van der Waals surface area contributed by atoms with Gasteiger partial charge in [0.05, 0.1) is 11.3 Å². The van der Waals surface area contributed by atoms with E-state index in [-0.39, 0.29) is 24.4 Å². The summed E-state index contributed by atoms with van der Waals surface area (Å²) in [5.41, 5.74) is -0.848. The summed E-state index contributed by atoms with van der Waals surface area (Å²) in [6.45, 7) is 1.13. The Hall–Kier alpha value is -1.14. The molecule has 0 spiro atoms. The second-order valence-corrected chi connectivity index (χ2v) is 6.31. The minimum Gasteiger partial charge on any atom is -0.481 e. The molecule has 0 aromatic heterocycles. The lowest BCUT2D eigenvalue weighted by atomic mass is 9.80. The zero-order chi connectivity index (χ0) is 14.2. The number of nitrogens with one attached hydrogen (secondary N) is 2. The summed E-state index contributed by atoms with van der Waals surface area (Å²) < 4.78 is 5.24. The van der Waals surface area contributed by atoms with Crippen LogP contribution in [0.1, 0.15) is 32.1 Å². The van der Waals surface area contributed by atoms with Crippen LogP contribution >= 0.6 is 0 Å². The molecule has 112 valence electrons. The maximum absolute atomic E-state index is 12.3. The summed E-state index contributed by atoms with van der Waals surface area (Å²) in [6.07, 6.45) is 4.04. The Morgan fingerprint density at radius 1 is 1.30 bits per heavy atom. The van der Waals surface area contributed by atoms with Gasteiger partial charge in [-0.05, 0) is 32.1 Å². The van der Waals surface area contributed by atoms with E-state index in [4.69, 9.17) is 4.74 Å². The zero-order valence-electron chi connectivity index (χ0n) is 11.6. The van der Waals surface area contributed by atoms with Gasteiger partial charge in [0.2, 0.25) is 5.91 Å². The van der Waals surface area contributed by atoms with Crippen molar-refractivity contribution in [2.24, 2.45) is 11.3 Å². The predicted octanol–water partition coefficient (Wildman–Crippen LogP) is 0.125. The van der Waals surface area contributed by atoms with E-state index in [1.807, 2.05) is 0 Å². The highest BCUT2D eigenvalue weighted by molar-refractivity contribution is 5.81. The first-order valence-corrected chi connectivity index (χ1v) is 7.46. The summed E-state index contributed by atoms with van der Waals surface area (Å²) in [6, 6.07) is 0.766. The molecule has 3 N–H and O–H groups in total. The van der Waals surface area contributed by atoms with Gasteiger partial charge in [-0.15, -0.1) is 0 Å². The molecule has 0 aromatic rings. The first kappa shape index (κ1) is 13.8. The number of carbonyl (C=O) groups excluding carboxylic acids is 1. The van der Waals surface area contributed by atoms with Crippen LogP contribution in [0.4, 0.5) is 0 Å². The molecule has 3 fully saturated rings. The fraction of sp³-hybridized carbons (Fsp3) is 0.857. The van der Waals surface area contributed by atoms with Crippen molar-refractivity contribution in [3.63, 3.8) is 0 Å². The van der Waals surface area contributed by atoms with Gasteiger partial charge in [0.1, 0.15) is 0 Å². The topological polar surface area (TPSA) is 87.7 Å². The van der Waals surface area contributed by atoms with E-state index >= 15 is 0 Å². The van der Waals surface area contributed by atoms with E-state index in [1.54, 1.807) is 0 Å². The maximum atomic E-state index is 12.3. The van der Waals surface area contributed by atoms with Gasteiger partial charge in [-0.1, -0.05) is 0 Å². The van der Waals surface area contributed by atoms with Crippen molar-refractivity contribution in [1.82, 2.24) is 10.6 Å². The van der Waals surface area contributed by atoms with Gasteiger partial charge >= 0.3 is 5.97 Å². The lowest BCUT2D eigenvalue weighted by Crippen LogP contribution is -2.48. The minimum atomic E-state index is -0.848. The van der Waals surface area contributed by atoms with E-state index in [2.05, 4.69) is 10.6 Å². The minimum absolute atomic E-state index is 0.0109. The van der Waals surface area contributed by atoms with Crippen LogP contribution in [-0.2, 0) is 14.3 Å². The number of ether oxygens (including phenoxy) is 1. The number of hydrogen-bond donors (Lipinski definition) is 3. The number of fused-ring (bicyclic) bond motifs is 2. The molecule has 20 heavy (non-hydrogen) atoms. The molecular weight excluding hydrogens is 260 g/mol. The summed E-state index contributed by atoms with van der Waals surface area (Å²) >= 11 is 0. The second-order valence-electron chi connectivity index (χ2n) is 6.31. The molecule has 3 aliphatic rings. The third kappa shape index (κ3) is 2.42. The normalized spacial score (nSPS) is 34.9. The van der Waals surface area contributed by atoms with Crippen LogP contribution < -0.4 is 10.6 Å². The third-order valence-corrected chi connectivity index (χ3v) is 5.14. The van der Waals surface area contributed by atoms with E-state index in [0.717, 1.165) is 19.3 Å². The molecule has 0 aromatic carbocycles. The average Bonchev–Trinajstić information content (AvgIpc) is 3.08. The molecule has 2 bridgehead atoms. The highest BCUT2D eigenvalue weighted by Crippen LogP contribution is 2.34. The van der Waals surface area contributed by atoms with Crippen molar-refractivity contribution in [3.8, 4) is 0 Å². The van der Waals surface area contributed by atoms with E-state index < -0.39 is 11.4 Å². The molecule has 6 nitrogen and oxygen atoms in total. The van der Waals surface area contributed by atoms with Crippen LogP contribution in [0.2, 0.25) is 0 Å². The second kappa shape index (κ2) is 5.33. The van der Waals surface area contributed by atoms with Gasteiger partial charge in [-0.3, -0.25) is 9.59 Å². The Bertz CT molecular complexity index is 406. The Morgan fingerprint density at radius 2 is 2.05 bits per heavy atom. The smallest absolute Gasteiger partial charge is 0.311 e. The lowest BCUT2D eigenvalue weighted by molar-refractivity contribution is -0.154. The van der Waals surface area contributed by atoms with Crippen molar-refractivity contribution < 1.29 is 19.4 Å². The molecule has 0 radical (unpaired) electrons. The highest BCUT2D eigenvalue weighted by atomic mass is 16.5. The van der Waals surface area contributed by atoms with Crippen LogP contribution in [0.25, 0.3) is 0 Å². The van der Waals surface area contributed by atoms with Crippen molar-refractivity contribution >= 4 is 11.9 Å². The molecule has 3 rings (SSSR count). The Balaban J connectivity index is 1.57. The number of carboxylic acid groups (broad SMARTS) is 1. The molecule has 0 aliphatic carbocycles. The number of carboxylic acids is 1. The molecule has 3 aliphatic heterocycles. The summed E-state index contributed by atoms with van der Waals surface area (Å²) in [5, 5.41) is 15.8. The molecule has 3 heterocycles. The monoisotopic (exact) mass is 282 g/mol. The average molecular weight is 282 g/mol. The van der Waals surface area contributed by atoms with Gasteiger partial charge in [0.15, 0.2) is 0 Å². The number of aliphatic carboxylic acids is 1. The SMILES string of the molecule is O=C(NCC1(C(=O)O)CCOCC1)C1CC2CCC1N2. The molecule has 6 heteroatoms. The predicted molar refractivity (Wildman–Crippen MR) is 71.2 cm³/mol. The maximum Gasteiger partial charge on any atom is 0.311 e. The van der Waals surface area contributed by atoms with E-state index in [0.29, 0.717) is 32.1 Å². The zero-order valence-corrected chi connectivity index (χ0v) is 11.6. The van der Waals surface area contributed by atoms with Gasteiger partial charge in [-0.25, -0.2) is 0 Å². The summed E-state index contributed by atoms with van der Waals surface area (Å²) in [7, 11) is 0. The quantitative estimate of drug-likeness (QED) is 0.682. The molecule has 3 saturated heterocycles. The van der Waals surface area contributed by atoms with Crippen LogP contribution in [0.3, 0.4) is 0 Å². The van der Waals surface area contributed by atoms with Crippen LogP contribution in [0, 0.1) is 11.3 Å². The van der Waals surface area contributed by atoms with Gasteiger partial charge in [-0.2, -0.15) is 0 Å². The van der Waals surface area contributed by atoms with Crippen LogP contribution in [-0.4, -0.2) is 48.8 Å². The summed E-state index contributed by atoms with van der Waals surface area (Å²) in [5.74, 6) is -0.802. The van der Waals surface area contributed by atoms with Gasteiger partial charge in [0.25, 0.3) is 0 Å². The molecule has 3 atom stereocenters. The van der Waals surface area contributed by atoms with Crippen LogP contribution in [0.5, 0.6) is 0 Å². The molecule has 0 saturated carbocycles. The third-order valence-electron chi connectivity index (χ3n) is 5.14. The largest absolute Gasteiger partial charge is 0.481 e. The first-order chi connectivity index (χ1) is 9.61. The number of hydrogen-bond acceptors (Lipinski definition) is 4. The first-order valence-electron chi connectivity index (χ1n) is 7.46. The van der Waals surface area contributed by atoms with Crippen molar-refractivity contribution in [2.45, 2.75) is 44.2 Å². The Morgan fingerprint density at radius 3 is 2.60 bits per heavy atom. The van der Waals surface area contributed by atoms with Gasteiger partial charge < -0.3 is 20.5 Å². The van der Waals surface area contributed by atoms with Crippen molar-refractivity contribution in [3.05, 3.63) is 0 Å².